The van der Waals surface area contributed by atoms with Gasteiger partial charge in [-0.1, -0.05) is 49.3 Å². The van der Waals surface area contributed by atoms with Gasteiger partial charge in [0, 0.05) is 0 Å². The molecule has 0 aliphatic heterocycles. The molecule has 0 saturated heterocycles. The van der Waals surface area contributed by atoms with Gasteiger partial charge in [-0.15, -0.1) is 0 Å². The first kappa shape index (κ1) is 25.7. The lowest BCUT2D eigenvalue weighted by Crippen LogP contribution is -2.35. The molecule has 3 fully saturated rings. The van der Waals surface area contributed by atoms with Crippen molar-refractivity contribution < 1.29 is 20.1 Å². The fourth-order valence-electron chi connectivity index (χ4n) is 6.65. The normalized spacial score (nSPS) is 37.3. The summed E-state index contributed by atoms with van der Waals surface area (Å²) in [6.45, 7) is 8.93. The zero-order valence-corrected chi connectivity index (χ0v) is 20.7. The number of hydrogen-bond acceptors (Lipinski definition) is 4. The quantitative estimate of drug-likeness (QED) is 0.441. The van der Waals surface area contributed by atoms with E-state index in [4.69, 9.17) is 9.84 Å². The summed E-state index contributed by atoms with van der Waals surface area (Å²) in [5.41, 5.74) is 2.65. The monoisotopic (exact) mass is 446 g/mol. The van der Waals surface area contributed by atoms with Gasteiger partial charge in [-0.2, -0.15) is 0 Å². The standard InChI is InChI=1S/C28H46O4/c1-20(7-5-15-27(2,3)31)23-12-13-24-22(8-6-16-28(23,24)4)11-9-21-10-14-26(25(30)19-21)32-18-17-29/h5,7,9,11,20,23-26,29-31H,6,8,10,12-19H2,1-4H3/b7-5+,21-9-,22-11+/t20-,23?,24?,25?,26?,28?/m1/s1. The molecule has 0 aromatic heterocycles. The third-order valence-corrected chi connectivity index (χ3v) is 8.34. The maximum atomic E-state index is 10.4. The van der Waals surface area contributed by atoms with Crippen LogP contribution in [-0.2, 0) is 4.74 Å². The predicted molar refractivity (Wildman–Crippen MR) is 130 cm³/mol. The molecule has 3 rings (SSSR count). The second-order valence-corrected chi connectivity index (χ2v) is 11.4. The van der Waals surface area contributed by atoms with Crippen molar-refractivity contribution in [3.05, 3.63) is 35.5 Å². The number of aliphatic hydroxyl groups excluding tert-OH is 2. The molecule has 0 bridgehead atoms. The largest absolute Gasteiger partial charge is 0.394 e. The Labute approximate surface area is 195 Å². The maximum absolute atomic E-state index is 10.4. The molecular weight excluding hydrogens is 400 g/mol. The van der Waals surface area contributed by atoms with E-state index >= 15 is 0 Å². The average Bonchev–Trinajstić information content (AvgIpc) is 3.08. The van der Waals surface area contributed by atoms with Gasteiger partial charge in [0.2, 0.25) is 0 Å². The van der Waals surface area contributed by atoms with Crippen LogP contribution in [0.25, 0.3) is 0 Å². The van der Waals surface area contributed by atoms with Gasteiger partial charge >= 0.3 is 0 Å². The maximum Gasteiger partial charge on any atom is 0.0841 e. The summed E-state index contributed by atoms with van der Waals surface area (Å²) in [7, 11) is 0. The van der Waals surface area contributed by atoms with Crippen LogP contribution in [0.2, 0.25) is 0 Å². The molecule has 3 aliphatic rings. The molecule has 0 aromatic carbocycles. The van der Waals surface area contributed by atoms with Crippen molar-refractivity contribution in [3.8, 4) is 0 Å². The number of allylic oxidation sites excluding steroid dienone is 4. The Morgan fingerprint density at radius 2 is 1.97 bits per heavy atom. The van der Waals surface area contributed by atoms with Gasteiger partial charge in [0.25, 0.3) is 0 Å². The van der Waals surface area contributed by atoms with Crippen LogP contribution in [-0.4, -0.2) is 46.3 Å². The molecule has 0 aromatic rings. The lowest BCUT2D eigenvalue weighted by molar-refractivity contribution is -0.0582. The van der Waals surface area contributed by atoms with E-state index in [2.05, 4.69) is 38.2 Å². The Kier molecular flexibility index (Phi) is 8.82. The fourth-order valence-corrected chi connectivity index (χ4v) is 6.65. The summed E-state index contributed by atoms with van der Waals surface area (Å²) in [5.74, 6) is 1.90. The average molecular weight is 447 g/mol. The first-order valence-electron chi connectivity index (χ1n) is 12.8. The van der Waals surface area contributed by atoms with Crippen LogP contribution in [0.15, 0.2) is 35.5 Å². The number of hydrogen-bond donors (Lipinski definition) is 3. The van der Waals surface area contributed by atoms with Crippen LogP contribution in [0, 0.1) is 23.2 Å². The van der Waals surface area contributed by atoms with Crippen molar-refractivity contribution in [3.63, 3.8) is 0 Å². The molecule has 6 atom stereocenters. The van der Waals surface area contributed by atoms with Crippen molar-refractivity contribution >= 4 is 0 Å². The third kappa shape index (κ3) is 6.34. The molecule has 0 amide bonds. The van der Waals surface area contributed by atoms with E-state index in [0.717, 1.165) is 12.8 Å². The summed E-state index contributed by atoms with van der Waals surface area (Å²) < 4.78 is 5.58. The van der Waals surface area contributed by atoms with Crippen LogP contribution in [0.1, 0.15) is 85.5 Å². The first-order valence-corrected chi connectivity index (χ1v) is 12.8. The highest BCUT2D eigenvalue weighted by atomic mass is 16.5. The zero-order valence-electron chi connectivity index (χ0n) is 20.7. The summed E-state index contributed by atoms with van der Waals surface area (Å²) in [6, 6.07) is 0. The van der Waals surface area contributed by atoms with E-state index in [9.17, 15) is 10.2 Å². The van der Waals surface area contributed by atoms with Crippen molar-refractivity contribution in [2.45, 2.75) is 103 Å². The summed E-state index contributed by atoms with van der Waals surface area (Å²) in [5, 5.41) is 29.4. The van der Waals surface area contributed by atoms with Crippen molar-refractivity contribution in [2.24, 2.45) is 23.2 Å². The molecule has 4 nitrogen and oxygen atoms in total. The lowest BCUT2D eigenvalue weighted by Gasteiger charge is -2.44. The van der Waals surface area contributed by atoms with Crippen LogP contribution in [0.5, 0.6) is 0 Å². The van der Waals surface area contributed by atoms with Crippen molar-refractivity contribution in [1.29, 1.82) is 0 Å². The third-order valence-electron chi connectivity index (χ3n) is 8.34. The van der Waals surface area contributed by atoms with Crippen LogP contribution < -0.4 is 0 Å². The van der Waals surface area contributed by atoms with Gasteiger partial charge in [0.1, 0.15) is 0 Å². The Bertz CT molecular complexity index is 701. The minimum Gasteiger partial charge on any atom is -0.394 e. The highest BCUT2D eigenvalue weighted by Gasteiger charge is 2.50. The van der Waals surface area contributed by atoms with Crippen LogP contribution in [0.4, 0.5) is 0 Å². The molecular formula is C28H46O4. The van der Waals surface area contributed by atoms with Gasteiger partial charge in [0.05, 0.1) is 31.0 Å². The fraction of sp³-hybridized carbons (Fsp3) is 0.786. The minimum atomic E-state index is -0.635. The number of aliphatic hydroxyl groups is 3. The van der Waals surface area contributed by atoms with Crippen molar-refractivity contribution in [2.75, 3.05) is 13.2 Å². The van der Waals surface area contributed by atoms with Gasteiger partial charge < -0.3 is 20.1 Å². The van der Waals surface area contributed by atoms with Crippen molar-refractivity contribution in [1.82, 2.24) is 0 Å². The number of ether oxygens (including phenoxy) is 1. The summed E-state index contributed by atoms with van der Waals surface area (Å²) >= 11 is 0. The van der Waals surface area contributed by atoms with E-state index in [0.29, 0.717) is 42.6 Å². The molecule has 0 spiro atoms. The van der Waals surface area contributed by atoms with E-state index < -0.39 is 11.7 Å². The summed E-state index contributed by atoms with van der Waals surface area (Å²) in [4.78, 5) is 0. The van der Waals surface area contributed by atoms with E-state index in [1.54, 1.807) is 5.57 Å². The van der Waals surface area contributed by atoms with Gasteiger partial charge in [-0.25, -0.2) is 0 Å². The number of rotatable bonds is 8. The van der Waals surface area contributed by atoms with E-state index in [1.165, 1.54) is 37.7 Å². The highest BCUT2D eigenvalue weighted by molar-refractivity contribution is 5.26. The molecule has 0 heterocycles. The van der Waals surface area contributed by atoms with Crippen LogP contribution in [0.3, 0.4) is 0 Å². The second kappa shape index (κ2) is 11.0. The molecule has 3 aliphatic carbocycles. The topological polar surface area (TPSA) is 69.9 Å². The predicted octanol–water partition coefficient (Wildman–Crippen LogP) is 5.33. The molecule has 3 N–H and O–H groups in total. The highest BCUT2D eigenvalue weighted by Crippen LogP contribution is 2.59. The van der Waals surface area contributed by atoms with Gasteiger partial charge in [-0.3, -0.25) is 0 Å². The SMILES string of the molecule is C[C@H](/C=C/CC(C)(C)O)C1CCC2/C(=C/C=C3/CCC(OCCO)C(O)C3)CCCC21C. The van der Waals surface area contributed by atoms with E-state index in [1.807, 2.05) is 13.8 Å². The molecule has 0 radical (unpaired) electrons. The molecule has 4 heteroatoms. The van der Waals surface area contributed by atoms with Crippen LogP contribution >= 0.6 is 0 Å². The van der Waals surface area contributed by atoms with Gasteiger partial charge in [0.15, 0.2) is 0 Å². The Balaban J connectivity index is 1.64. The molecule has 3 saturated carbocycles. The Hall–Kier alpha value is -0.940. The number of fused-ring (bicyclic) bond motifs is 1. The second-order valence-electron chi connectivity index (χ2n) is 11.4. The molecule has 32 heavy (non-hydrogen) atoms. The smallest absolute Gasteiger partial charge is 0.0841 e. The van der Waals surface area contributed by atoms with E-state index in [-0.39, 0.29) is 12.7 Å². The Morgan fingerprint density at radius 1 is 1.19 bits per heavy atom. The Morgan fingerprint density at radius 3 is 2.66 bits per heavy atom. The minimum absolute atomic E-state index is 0.00694. The lowest BCUT2D eigenvalue weighted by atomic mass is 9.61. The summed E-state index contributed by atoms with van der Waals surface area (Å²) in [6.07, 6.45) is 18.1. The van der Waals surface area contributed by atoms with Gasteiger partial charge in [-0.05, 0) is 94.8 Å². The zero-order chi connectivity index (χ0) is 23.4. The molecule has 182 valence electrons. The first-order chi connectivity index (χ1) is 15.1. The molecule has 5 unspecified atom stereocenters.